The molecule has 2 nitrogen and oxygen atoms in total. The lowest BCUT2D eigenvalue weighted by atomic mass is 9.98. The van der Waals surface area contributed by atoms with Crippen molar-refractivity contribution in [2.45, 2.75) is 6.54 Å². The van der Waals surface area contributed by atoms with Crippen molar-refractivity contribution in [2.24, 2.45) is 0 Å². The van der Waals surface area contributed by atoms with Gasteiger partial charge < -0.3 is 10.0 Å². The van der Waals surface area contributed by atoms with Crippen LogP contribution in [0.25, 0.3) is 5.57 Å². The van der Waals surface area contributed by atoms with E-state index in [1.807, 2.05) is 25.4 Å². The van der Waals surface area contributed by atoms with Crippen LogP contribution < -0.4 is 0 Å². The summed E-state index contributed by atoms with van der Waals surface area (Å²) in [5.74, 6) is 0. The van der Waals surface area contributed by atoms with E-state index in [0.717, 1.165) is 12.1 Å². The maximum Gasteiger partial charge on any atom is 0.0701 e. The molecule has 0 fully saturated rings. The molecule has 0 atom stereocenters. The van der Waals surface area contributed by atoms with Crippen molar-refractivity contribution in [2.75, 3.05) is 13.7 Å². The fourth-order valence-electron chi connectivity index (χ4n) is 1.75. The Kier molecular flexibility index (Phi) is 2.07. The van der Waals surface area contributed by atoms with Crippen molar-refractivity contribution in [1.82, 2.24) is 4.90 Å². The Balaban J connectivity index is 2.49. The number of fused-ring (bicyclic) bond motifs is 1. The van der Waals surface area contributed by atoms with Crippen LogP contribution in [0.3, 0.4) is 0 Å². The Morgan fingerprint density at radius 3 is 2.92 bits per heavy atom. The smallest absolute Gasteiger partial charge is 0.0701 e. The standard InChI is InChI=1S/C11H13NO/c1-12-6-9-4-2-3-5-11(9)10(7-12)8-13/h2-5,7,13H,6,8H2,1H3. The highest BCUT2D eigenvalue weighted by molar-refractivity contribution is 5.70. The molecule has 0 spiro atoms. The summed E-state index contributed by atoms with van der Waals surface area (Å²) in [5, 5.41) is 9.16. The molecule has 0 amide bonds. The van der Waals surface area contributed by atoms with Crippen LogP contribution in [0.5, 0.6) is 0 Å². The van der Waals surface area contributed by atoms with Gasteiger partial charge in [-0.25, -0.2) is 0 Å². The van der Waals surface area contributed by atoms with Crippen molar-refractivity contribution in [3.05, 3.63) is 41.6 Å². The van der Waals surface area contributed by atoms with Gasteiger partial charge in [0, 0.05) is 25.4 Å². The molecule has 0 saturated carbocycles. The molecule has 1 aliphatic heterocycles. The van der Waals surface area contributed by atoms with Gasteiger partial charge in [0.05, 0.1) is 6.61 Å². The van der Waals surface area contributed by atoms with Gasteiger partial charge in [-0.05, 0) is 11.1 Å². The molecule has 2 heteroatoms. The van der Waals surface area contributed by atoms with E-state index < -0.39 is 0 Å². The first-order chi connectivity index (χ1) is 6.31. The Morgan fingerprint density at radius 1 is 1.38 bits per heavy atom. The molecular weight excluding hydrogens is 162 g/mol. The van der Waals surface area contributed by atoms with Crippen LogP contribution in [0.1, 0.15) is 11.1 Å². The summed E-state index contributed by atoms with van der Waals surface area (Å²) in [7, 11) is 2.02. The van der Waals surface area contributed by atoms with Gasteiger partial charge in [0.2, 0.25) is 0 Å². The molecule has 1 N–H and O–H groups in total. The molecule has 1 aromatic rings. The summed E-state index contributed by atoms with van der Waals surface area (Å²) in [6.07, 6.45) is 2.00. The second kappa shape index (κ2) is 3.23. The summed E-state index contributed by atoms with van der Waals surface area (Å²) < 4.78 is 0. The third-order valence-electron chi connectivity index (χ3n) is 2.33. The van der Waals surface area contributed by atoms with E-state index in [1.54, 1.807) is 0 Å². The maximum absolute atomic E-state index is 9.16. The maximum atomic E-state index is 9.16. The van der Waals surface area contributed by atoms with Gasteiger partial charge in [-0.15, -0.1) is 0 Å². The van der Waals surface area contributed by atoms with E-state index in [1.165, 1.54) is 11.1 Å². The number of hydrogen-bond acceptors (Lipinski definition) is 2. The van der Waals surface area contributed by atoms with Crippen LogP contribution in [0.2, 0.25) is 0 Å². The summed E-state index contributed by atoms with van der Waals surface area (Å²) in [4.78, 5) is 2.09. The Labute approximate surface area is 78.1 Å². The highest BCUT2D eigenvalue weighted by atomic mass is 16.3. The number of benzene rings is 1. The minimum atomic E-state index is 0.112. The SMILES string of the molecule is CN1C=C(CO)c2ccccc2C1. The lowest BCUT2D eigenvalue weighted by Gasteiger charge is -2.24. The zero-order valence-electron chi connectivity index (χ0n) is 7.70. The number of rotatable bonds is 1. The monoisotopic (exact) mass is 175 g/mol. The molecule has 1 aliphatic rings. The molecule has 2 rings (SSSR count). The molecule has 68 valence electrons. The molecule has 0 unspecified atom stereocenters. The average molecular weight is 175 g/mol. The first-order valence-corrected chi connectivity index (χ1v) is 4.41. The predicted molar refractivity (Wildman–Crippen MR) is 53.0 cm³/mol. The summed E-state index contributed by atoms with van der Waals surface area (Å²) in [6.45, 7) is 1.04. The van der Waals surface area contributed by atoms with Crippen LogP contribution in [-0.4, -0.2) is 23.7 Å². The number of aliphatic hydroxyl groups is 1. The Hall–Kier alpha value is -1.28. The Bertz CT molecular complexity index is 344. The summed E-state index contributed by atoms with van der Waals surface area (Å²) in [5.41, 5.74) is 3.48. The van der Waals surface area contributed by atoms with Crippen molar-refractivity contribution in [1.29, 1.82) is 0 Å². The van der Waals surface area contributed by atoms with E-state index in [0.29, 0.717) is 0 Å². The largest absolute Gasteiger partial charge is 0.392 e. The molecule has 13 heavy (non-hydrogen) atoms. The van der Waals surface area contributed by atoms with Gasteiger partial charge in [0.15, 0.2) is 0 Å². The van der Waals surface area contributed by atoms with Gasteiger partial charge in [0.1, 0.15) is 0 Å². The van der Waals surface area contributed by atoms with E-state index in [4.69, 9.17) is 5.11 Å². The lowest BCUT2D eigenvalue weighted by molar-refractivity contribution is 0.343. The Morgan fingerprint density at radius 2 is 2.15 bits per heavy atom. The minimum Gasteiger partial charge on any atom is -0.392 e. The van der Waals surface area contributed by atoms with Crippen LogP contribution in [0.4, 0.5) is 0 Å². The van der Waals surface area contributed by atoms with Crippen LogP contribution >= 0.6 is 0 Å². The topological polar surface area (TPSA) is 23.5 Å². The molecule has 0 saturated heterocycles. The number of hydrogen-bond donors (Lipinski definition) is 1. The zero-order chi connectivity index (χ0) is 9.26. The van der Waals surface area contributed by atoms with Crippen molar-refractivity contribution in [3.8, 4) is 0 Å². The molecule has 0 aromatic heterocycles. The van der Waals surface area contributed by atoms with E-state index in [2.05, 4.69) is 17.0 Å². The van der Waals surface area contributed by atoms with Gasteiger partial charge >= 0.3 is 0 Å². The van der Waals surface area contributed by atoms with Crippen molar-refractivity contribution >= 4 is 5.57 Å². The van der Waals surface area contributed by atoms with E-state index >= 15 is 0 Å². The third-order valence-corrected chi connectivity index (χ3v) is 2.33. The number of aliphatic hydroxyl groups excluding tert-OH is 1. The van der Waals surface area contributed by atoms with Gasteiger partial charge in [-0.2, -0.15) is 0 Å². The van der Waals surface area contributed by atoms with Crippen LogP contribution in [0, 0.1) is 0 Å². The van der Waals surface area contributed by atoms with E-state index in [-0.39, 0.29) is 6.61 Å². The van der Waals surface area contributed by atoms with Crippen LogP contribution in [0.15, 0.2) is 30.5 Å². The number of nitrogens with zero attached hydrogens (tertiary/aromatic N) is 1. The zero-order valence-corrected chi connectivity index (χ0v) is 7.70. The summed E-state index contributed by atoms with van der Waals surface area (Å²) in [6, 6.07) is 8.21. The highest BCUT2D eigenvalue weighted by Gasteiger charge is 2.12. The van der Waals surface area contributed by atoms with Gasteiger partial charge in [-0.3, -0.25) is 0 Å². The minimum absolute atomic E-state index is 0.112. The van der Waals surface area contributed by atoms with Crippen molar-refractivity contribution in [3.63, 3.8) is 0 Å². The fraction of sp³-hybridized carbons (Fsp3) is 0.273. The molecule has 1 aromatic carbocycles. The first kappa shape index (κ1) is 8.32. The van der Waals surface area contributed by atoms with Gasteiger partial charge in [0.25, 0.3) is 0 Å². The quantitative estimate of drug-likeness (QED) is 0.698. The second-order valence-electron chi connectivity index (χ2n) is 3.38. The highest BCUT2D eigenvalue weighted by Crippen LogP contribution is 2.24. The lowest BCUT2D eigenvalue weighted by Crippen LogP contribution is -2.17. The van der Waals surface area contributed by atoms with Crippen molar-refractivity contribution < 1.29 is 5.11 Å². The average Bonchev–Trinajstić information content (AvgIpc) is 2.16. The normalized spacial score (nSPS) is 15.2. The molecular formula is C11H13NO. The predicted octanol–water partition coefficient (Wildman–Crippen LogP) is 1.47. The molecule has 0 bridgehead atoms. The third kappa shape index (κ3) is 1.45. The first-order valence-electron chi connectivity index (χ1n) is 4.41. The van der Waals surface area contributed by atoms with Crippen LogP contribution in [-0.2, 0) is 6.54 Å². The fourth-order valence-corrected chi connectivity index (χ4v) is 1.75. The van der Waals surface area contributed by atoms with Gasteiger partial charge in [-0.1, -0.05) is 24.3 Å². The second-order valence-corrected chi connectivity index (χ2v) is 3.38. The molecule has 0 radical (unpaired) electrons. The van der Waals surface area contributed by atoms with E-state index in [9.17, 15) is 0 Å². The molecule has 1 heterocycles. The summed E-state index contributed by atoms with van der Waals surface area (Å²) >= 11 is 0. The molecule has 0 aliphatic carbocycles.